The van der Waals surface area contributed by atoms with Gasteiger partial charge in [-0.2, -0.15) is 13.2 Å². The minimum absolute atomic E-state index is 0.0333. The summed E-state index contributed by atoms with van der Waals surface area (Å²) in [6.07, 6.45) is -3.91. The van der Waals surface area contributed by atoms with Crippen LogP contribution in [0.2, 0.25) is 0 Å². The van der Waals surface area contributed by atoms with Crippen molar-refractivity contribution in [2.45, 2.75) is 45.7 Å². The van der Waals surface area contributed by atoms with Gasteiger partial charge in [0.25, 0.3) is 0 Å². The van der Waals surface area contributed by atoms with E-state index in [1.54, 1.807) is 6.92 Å². The topological polar surface area (TPSA) is 55.4 Å². The zero-order valence-electron chi connectivity index (χ0n) is 16.2. The minimum atomic E-state index is -4.62. The first kappa shape index (κ1) is 20.2. The second kappa shape index (κ2) is 6.79. The van der Waals surface area contributed by atoms with Gasteiger partial charge >= 0.3 is 12.1 Å². The number of nitrogens with one attached hydrogen (secondary N) is 1. The molecule has 1 aliphatic carbocycles. The number of dihydropyridines is 1. The van der Waals surface area contributed by atoms with Gasteiger partial charge in [0.05, 0.1) is 18.2 Å². The molecular formula is C21H22F3NO3. The minimum Gasteiger partial charge on any atom is -0.466 e. The number of benzene rings is 1. The Morgan fingerprint density at radius 2 is 1.86 bits per heavy atom. The number of esters is 1. The number of alkyl halides is 3. The Morgan fingerprint density at radius 3 is 2.46 bits per heavy atom. The summed E-state index contributed by atoms with van der Waals surface area (Å²) < 4.78 is 46.0. The Morgan fingerprint density at radius 1 is 1.21 bits per heavy atom. The first-order valence-electron chi connectivity index (χ1n) is 8.95. The molecule has 1 atom stereocenters. The number of methoxy groups -OCH3 is 1. The lowest BCUT2D eigenvalue weighted by Gasteiger charge is -2.39. The summed E-state index contributed by atoms with van der Waals surface area (Å²) >= 11 is 0. The molecule has 0 saturated carbocycles. The molecule has 0 radical (unpaired) electrons. The number of carbonyl (C=O) groups is 2. The summed E-state index contributed by atoms with van der Waals surface area (Å²) in [5.74, 6) is -2.13. The van der Waals surface area contributed by atoms with Gasteiger partial charge in [0, 0.05) is 29.3 Å². The van der Waals surface area contributed by atoms with Crippen molar-refractivity contribution < 1.29 is 27.5 Å². The number of ether oxygens (including phenoxy) is 1. The SMILES string of the molecule is COC(=O)C1=C(C)NC2=C(C(=O)CC(C)(C)C2)C1c1ccccc1C(F)(F)F. The highest BCUT2D eigenvalue weighted by atomic mass is 19.4. The summed E-state index contributed by atoms with van der Waals surface area (Å²) in [5.41, 5.74) is -0.0584. The molecule has 1 heterocycles. The van der Waals surface area contributed by atoms with Crippen molar-refractivity contribution in [2.24, 2.45) is 5.41 Å². The lowest BCUT2D eigenvalue weighted by molar-refractivity contribution is -0.139. The van der Waals surface area contributed by atoms with Crippen molar-refractivity contribution in [1.82, 2.24) is 5.32 Å². The van der Waals surface area contributed by atoms with Crippen molar-refractivity contribution in [3.8, 4) is 0 Å². The molecule has 1 aliphatic heterocycles. The van der Waals surface area contributed by atoms with Crippen LogP contribution in [0.4, 0.5) is 13.2 Å². The van der Waals surface area contributed by atoms with E-state index < -0.39 is 23.6 Å². The Kier molecular flexibility index (Phi) is 4.89. The highest BCUT2D eigenvalue weighted by Crippen LogP contribution is 2.49. The smallest absolute Gasteiger partial charge is 0.416 e. The van der Waals surface area contributed by atoms with E-state index in [2.05, 4.69) is 5.32 Å². The van der Waals surface area contributed by atoms with E-state index in [0.29, 0.717) is 17.8 Å². The molecule has 0 fully saturated rings. The maximum atomic E-state index is 13.7. The van der Waals surface area contributed by atoms with Crippen molar-refractivity contribution in [3.05, 3.63) is 57.9 Å². The van der Waals surface area contributed by atoms with Crippen LogP contribution in [0.5, 0.6) is 0 Å². The summed E-state index contributed by atoms with van der Waals surface area (Å²) in [6.45, 7) is 5.49. The number of carbonyl (C=O) groups excluding carboxylic acids is 2. The third-order valence-electron chi connectivity index (χ3n) is 5.22. The fourth-order valence-corrected chi connectivity index (χ4v) is 4.13. The van der Waals surface area contributed by atoms with E-state index in [9.17, 15) is 22.8 Å². The molecule has 7 heteroatoms. The Labute approximate surface area is 161 Å². The zero-order valence-corrected chi connectivity index (χ0v) is 16.2. The molecule has 3 rings (SSSR count). The number of rotatable bonds is 2. The number of allylic oxidation sites excluding steroid dienone is 3. The van der Waals surface area contributed by atoms with Gasteiger partial charge < -0.3 is 10.1 Å². The monoisotopic (exact) mass is 393 g/mol. The lowest BCUT2D eigenvalue weighted by atomic mass is 9.68. The number of hydrogen-bond donors (Lipinski definition) is 1. The van der Waals surface area contributed by atoms with Gasteiger partial charge in [0.2, 0.25) is 0 Å². The summed E-state index contributed by atoms with van der Waals surface area (Å²) in [7, 11) is 1.17. The Bertz CT molecular complexity index is 910. The van der Waals surface area contributed by atoms with Crippen LogP contribution < -0.4 is 5.32 Å². The van der Waals surface area contributed by atoms with E-state index >= 15 is 0 Å². The van der Waals surface area contributed by atoms with E-state index in [0.717, 1.165) is 6.07 Å². The molecule has 0 bridgehead atoms. The molecule has 0 saturated heterocycles. The summed E-state index contributed by atoms with van der Waals surface area (Å²) in [6, 6.07) is 5.07. The maximum Gasteiger partial charge on any atom is 0.416 e. The third kappa shape index (κ3) is 3.45. The van der Waals surface area contributed by atoms with Crippen LogP contribution in [0.25, 0.3) is 0 Å². The second-order valence-corrected chi connectivity index (χ2v) is 8.01. The Balaban J connectivity index is 2.30. The summed E-state index contributed by atoms with van der Waals surface area (Å²) in [5, 5.41) is 3.08. The normalized spacial score (nSPS) is 22.0. The molecule has 1 N–H and O–H groups in total. The van der Waals surface area contributed by atoms with Crippen LogP contribution in [0.15, 0.2) is 46.8 Å². The fraction of sp³-hybridized carbons (Fsp3) is 0.429. The molecule has 0 aromatic heterocycles. The molecular weight excluding hydrogens is 371 g/mol. The van der Waals surface area contributed by atoms with Gasteiger partial charge in [-0.05, 0) is 30.4 Å². The predicted molar refractivity (Wildman–Crippen MR) is 97.1 cm³/mol. The van der Waals surface area contributed by atoms with Crippen LogP contribution >= 0.6 is 0 Å². The van der Waals surface area contributed by atoms with Gasteiger partial charge in [-0.1, -0.05) is 32.0 Å². The van der Waals surface area contributed by atoms with Crippen molar-refractivity contribution in [1.29, 1.82) is 0 Å². The molecule has 2 aliphatic rings. The van der Waals surface area contributed by atoms with Gasteiger partial charge in [-0.25, -0.2) is 4.79 Å². The fourth-order valence-electron chi connectivity index (χ4n) is 4.13. The molecule has 150 valence electrons. The number of ketones is 1. The number of halogens is 3. The highest BCUT2D eigenvalue weighted by molar-refractivity contribution is 6.04. The van der Waals surface area contributed by atoms with Crippen molar-refractivity contribution in [2.75, 3.05) is 7.11 Å². The molecule has 0 spiro atoms. The van der Waals surface area contributed by atoms with E-state index in [4.69, 9.17) is 4.74 Å². The highest BCUT2D eigenvalue weighted by Gasteiger charge is 2.45. The zero-order chi connectivity index (χ0) is 20.9. The van der Waals surface area contributed by atoms with E-state index in [1.165, 1.54) is 25.3 Å². The van der Waals surface area contributed by atoms with Gasteiger partial charge in [-0.15, -0.1) is 0 Å². The van der Waals surface area contributed by atoms with Gasteiger partial charge in [-0.3, -0.25) is 4.79 Å². The maximum absolute atomic E-state index is 13.7. The molecule has 28 heavy (non-hydrogen) atoms. The quantitative estimate of drug-likeness (QED) is 0.753. The van der Waals surface area contributed by atoms with Crippen LogP contribution in [0.3, 0.4) is 0 Å². The van der Waals surface area contributed by atoms with E-state index in [1.807, 2.05) is 13.8 Å². The van der Waals surface area contributed by atoms with Gasteiger partial charge in [0.15, 0.2) is 5.78 Å². The Hall–Kier alpha value is -2.57. The molecule has 1 unspecified atom stereocenters. The van der Waals surface area contributed by atoms with Crippen LogP contribution in [0, 0.1) is 5.41 Å². The van der Waals surface area contributed by atoms with E-state index in [-0.39, 0.29) is 34.3 Å². The van der Waals surface area contributed by atoms with Gasteiger partial charge in [0.1, 0.15) is 0 Å². The largest absolute Gasteiger partial charge is 0.466 e. The lowest BCUT2D eigenvalue weighted by Crippen LogP contribution is -2.39. The average molecular weight is 393 g/mol. The number of hydrogen-bond acceptors (Lipinski definition) is 4. The second-order valence-electron chi connectivity index (χ2n) is 8.01. The standard InChI is InChI=1S/C21H22F3NO3/c1-11-16(19(27)28-4)17(12-7-5-6-8-13(12)21(22,23)24)18-14(25-11)9-20(2,3)10-15(18)26/h5-8,17,25H,9-10H2,1-4H3. The average Bonchev–Trinajstić information content (AvgIpc) is 2.58. The van der Waals surface area contributed by atoms with Crippen LogP contribution in [-0.2, 0) is 20.5 Å². The first-order chi connectivity index (χ1) is 13.0. The number of Topliss-reactive ketones (excluding diaryl/α,β-unsaturated/α-hetero) is 1. The third-order valence-corrected chi connectivity index (χ3v) is 5.22. The van der Waals surface area contributed by atoms with Crippen LogP contribution in [0.1, 0.15) is 50.7 Å². The summed E-state index contributed by atoms with van der Waals surface area (Å²) in [4.78, 5) is 25.5. The van der Waals surface area contributed by atoms with Crippen LogP contribution in [-0.4, -0.2) is 18.9 Å². The van der Waals surface area contributed by atoms with Crippen molar-refractivity contribution >= 4 is 11.8 Å². The molecule has 4 nitrogen and oxygen atoms in total. The van der Waals surface area contributed by atoms with Crippen molar-refractivity contribution in [3.63, 3.8) is 0 Å². The molecule has 1 aromatic rings. The molecule has 0 amide bonds. The first-order valence-corrected chi connectivity index (χ1v) is 8.95. The molecule has 1 aromatic carbocycles. The predicted octanol–water partition coefficient (Wildman–Crippen LogP) is 4.48.